The Labute approximate surface area is 110 Å². The largest absolute Gasteiger partial charge is 0.391 e. The first kappa shape index (κ1) is 12.4. The molecule has 0 bridgehead atoms. The lowest BCUT2D eigenvalue weighted by atomic mass is 9.92. The molecule has 0 aliphatic heterocycles. The first-order valence-electron chi connectivity index (χ1n) is 5.85. The fourth-order valence-corrected chi connectivity index (χ4v) is 2.66. The van der Waals surface area contributed by atoms with Gasteiger partial charge in [-0.1, -0.05) is 12.8 Å². The predicted octanol–water partition coefficient (Wildman–Crippen LogP) is 3.04. The van der Waals surface area contributed by atoms with Gasteiger partial charge in [0.05, 0.1) is 17.7 Å². The average Bonchev–Trinajstić information content (AvgIpc) is 2.32. The molecule has 17 heavy (non-hydrogen) atoms. The van der Waals surface area contributed by atoms with Gasteiger partial charge in [-0.25, -0.2) is 0 Å². The molecule has 0 spiro atoms. The quantitative estimate of drug-likeness (QED) is 0.881. The first-order chi connectivity index (χ1) is 8.20. The zero-order valence-corrected chi connectivity index (χ0v) is 11.1. The summed E-state index contributed by atoms with van der Waals surface area (Å²) in [5.74, 6) is 0. The highest BCUT2D eigenvalue weighted by Gasteiger charge is 2.22. The van der Waals surface area contributed by atoms with Crippen molar-refractivity contribution in [3.05, 3.63) is 28.2 Å². The van der Waals surface area contributed by atoms with Crippen molar-refractivity contribution in [2.24, 2.45) is 0 Å². The van der Waals surface area contributed by atoms with E-state index in [0.717, 1.165) is 35.8 Å². The number of hydrogen-bond acceptors (Lipinski definition) is 3. The monoisotopic (exact) mass is 294 g/mol. The molecular weight excluding hydrogens is 280 g/mol. The third-order valence-corrected chi connectivity index (χ3v) is 3.83. The van der Waals surface area contributed by atoms with Crippen molar-refractivity contribution in [2.45, 2.75) is 37.8 Å². The maximum absolute atomic E-state index is 9.87. The van der Waals surface area contributed by atoms with Gasteiger partial charge in [0.25, 0.3) is 0 Å². The summed E-state index contributed by atoms with van der Waals surface area (Å²) in [4.78, 5) is 0. The van der Waals surface area contributed by atoms with Crippen LogP contribution in [-0.2, 0) is 0 Å². The number of halogens is 1. The van der Waals surface area contributed by atoms with Crippen molar-refractivity contribution in [1.82, 2.24) is 0 Å². The minimum absolute atomic E-state index is 0.128. The van der Waals surface area contributed by atoms with Crippen LogP contribution < -0.4 is 5.32 Å². The molecule has 0 amide bonds. The molecule has 90 valence electrons. The molecule has 2 rings (SSSR count). The fraction of sp³-hybridized carbons (Fsp3) is 0.462. The highest BCUT2D eigenvalue weighted by molar-refractivity contribution is 9.10. The van der Waals surface area contributed by atoms with Crippen molar-refractivity contribution in [1.29, 1.82) is 5.26 Å². The third-order valence-electron chi connectivity index (χ3n) is 3.17. The van der Waals surface area contributed by atoms with E-state index in [-0.39, 0.29) is 12.1 Å². The molecule has 0 saturated heterocycles. The number of nitrogens with one attached hydrogen (secondary N) is 1. The van der Waals surface area contributed by atoms with E-state index < -0.39 is 0 Å². The van der Waals surface area contributed by atoms with E-state index >= 15 is 0 Å². The van der Waals surface area contributed by atoms with Crippen LogP contribution in [0.4, 0.5) is 5.69 Å². The van der Waals surface area contributed by atoms with Crippen LogP contribution in [0, 0.1) is 11.3 Å². The Balaban J connectivity index is 2.08. The number of nitriles is 1. The second-order valence-electron chi connectivity index (χ2n) is 4.41. The summed E-state index contributed by atoms with van der Waals surface area (Å²) in [7, 11) is 0. The zero-order chi connectivity index (χ0) is 12.3. The van der Waals surface area contributed by atoms with Gasteiger partial charge in [-0.2, -0.15) is 5.26 Å². The number of rotatable bonds is 2. The average molecular weight is 295 g/mol. The standard InChI is InChI=1S/C13H15BrN2O/c14-11-7-10(6-5-9(11)8-15)16-12-3-1-2-4-13(12)17/h5-7,12-13,16-17H,1-4H2/t12-,13-/m1/s1. The molecule has 1 fully saturated rings. The van der Waals surface area contributed by atoms with Gasteiger partial charge in [-0.05, 0) is 47.0 Å². The number of nitrogens with zero attached hydrogens (tertiary/aromatic N) is 1. The van der Waals surface area contributed by atoms with E-state index in [4.69, 9.17) is 5.26 Å². The van der Waals surface area contributed by atoms with Crippen molar-refractivity contribution in [3.8, 4) is 6.07 Å². The molecule has 2 atom stereocenters. The molecule has 0 radical (unpaired) electrons. The van der Waals surface area contributed by atoms with Gasteiger partial charge in [0.2, 0.25) is 0 Å². The number of anilines is 1. The van der Waals surface area contributed by atoms with Crippen molar-refractivity contribution < 1.29 is 5.11 Å². The van der Waals surface area contributed by atoms with Crippen LogP contribution in [0.25, 0.3) is 0 Å². The molecule has 3 nitrogen and oxygen atoms in total. The van der Waals surface area contributed by atoms with Gasteiger partial charge in [-0.3, -0.25) is 0 Å². The topological polar surface area (TPSA) is 56.0 Å². The van der Waals surface area contributed by atoms with Crippen LogP contribution in [0.1, 0.15) is 31.2 Å². The minimum Gasteiger partial charge on any atom is -0.391 e. The molecule has 2 N–H and O–H groups in total. The summed E-state index contributed by atoms with van der Waals surface area (Å²) in [6, 6.07) is 7.79. The van der Waals surface area contributed by atoms with Crippen molar-refractivity contribution in [3.63, 3.8) is 0 Å². The van der Waals surface area contributed by atoms with Crippen LogP contribution in [0.5, 0.6) is 0 Å². The molecule has 1 saturated carbocycles. The Bertz CT molecular complexity index is 442. The van der Waals surface area contributed by atoms with Crippen molar-refractivity contribution >= 4 is 21.6 Å². The Hall–Kier alpha value is -1.05. The Kier molecular flexibility index (Phi) is 4.03. The molecular formula is C13H15BrN2O. The molecule has 1 aliphatic carbocycles. The van der Waals surface area contributed by atoms with E-state index in [1.165, 1.54) is 0 Å². The summed E-state index contributed by atoms with van der Waals surface area (Å²) in [5.41, 5.74) is 1.57. The Morgan fingerprint density at radius 2 is 2.12 bits per heavy atom. The lowest BCUT2D eigenvalue weighted by Gasteiger charge is -2.29. The molecule has 1 aromatic carbocycles. The molecule has 4 heteroatoms. The van der Waals surface area contributed by atoms with Crippen LogP contribution in [0.15, 0.2) is 22.7 Å². The van der Waals surface area contributed by atoms with Crippen LogP contribution >= 0.6 is 15.9 Å². The maximum Gasteiger partial charge on any atom is 0.100 e. The summed E-state index contributed by atoms with van der Waals surface area (Å²) >= 11 is 3.36. The lowest BCUT2D eigenvalue weighted by molar-refractivity contribution is 0.116. The number of benzene rings is 1. The predicted molar refractivity (Wildman–Crippen MR) is 70.7 cm³/mol. The number of hydrogen-bond donors (Lipinski definition) is 2. The van der Waals surface area contributed by atoms with Gasteiger partial charge in [-0.15, -0.1) is 0 Å². The van der Waals surface area contributed by atoms with Crippen LogP contribution in [-0.4, -0.2) is 17.3 Å². The minimum atomic E-state index is -0.266. The van der Waals surface area contributed by atoms with Gasteiger partial charge in [0, 0.05) is 10.2 Å². The van der Waals surface area contributed by atoms with E-state index in [1.54, 1.807) is 6.07 Å². The van der Waals surface area contributed by atoms with E-state index in [2.05, 4.69) is 27.3 Å². The third kappa shape index (κ3) is 2.99. The second kappa shape index (κ2) is 5.52. The summed E-state index contributed by atoms with van der Waals surface area (Å²) in [6.45, 7) is 0. The molecule has 1 aromatic rings. The molecule has 0 heterocycles. The highest BCUT2D eigenvalue weighted by atomic mass is 79.9. The van der Waals surface area contributed by atoms with Crippen LogP contribution in [0.2, 0.25) is 0 Å². The van der Waals surface area contributed by atoms with Gasteiger partial charge in [0.15, 0.2) is 0 Å². The SMILES string of the molecule is N#Cc1ccc(N[C@@H]2CCCC[C@H]2O)cc1Br. The number of aliphatic hydroxyl groups is 1. The lowest BCUT2D eigenvalue weighted by Crippen LogP contribution is -2.36. The van der Waals surface area contributed by atoms with Crippen molar-refractivity contribution in [2.75, 3.05) is 5.32 Å². The van der Waals surface area contributed by atoms with E-state index in [0.29, 0.717) is 5.56 Å². The zero-order valence-electron chi connectivity index (χ0n) is 9.49. The first-order valence-corrected chi connectivity index (χ1v) is 6.64. The normalized spacial score (nSPS) is 24.1. The molecule has 0 aromatic heterocycles. The van der Waals surface area contributed by atoms with Gasteiger partial charge < -0.3 is 10.4 Å². The highest BCUT2D eigenvalue weighted by Crippen LogP contribution is 2.25. The van der Waals surface area contributed by atoms with Crippen LogP contribution in [0.3, 0.4) is 0 Å². The second-order valence-corrected chi connectivity index (χ2v) is 5.26. The smallest absolute Gasteiger partial charge is 0.100 e. The fourth-order valence-electron chi connectivity index (χ4n) is 2.19. The van der Waals surface area contributed by atoms with E-state index in [1.807, 2.05) is 12.1 Å². The van der Waals surface area contributed by atoms with Gasteiger partial charge in [0.1, 0.15) is 6.07 Å². The Morgan fingerprint density at radius 1 is 1.35 bits per heavy atom. The summed E-state index contributed by atoms with van der Waals surface area (Å²) in [5, 5.41) is 22.0. The molecule has 1 aliphatic rings. The summed E-state index contributed by atoms with van der Waals surface area (Å²) in [6.07, 6.45) is 3.87. The summed E-state index contributed by atoms with van der Waals surface area (Å²) < 4.78 is 0.787. The number of aliphatic hydroxyl groups excluding tert-OH is 1. The Morgan fingerprint density at radius 3 is 2.76 bits per heavy atom. The van der Waals surface area contributed by atoms with E-state index in [9.17, 15) is 5.11 Å². The van der Waals surface area contributed by atoms with Gasteiger partial charge >= 0.3 is 0 Å². The maximum atomic E-state index is 9.87. The molecule has 0 unspecified atom stereocenters.